The maximum Gasteiger partial charge on any atom is 0.323 e. The summed E-state index contributed by atoms with van der Waals surface area (Å²) in [5.41, 5.74) is -1.02. The Bertz CT molecular complexity index is 531. The van der Waals surface area contributed by atoms with E-state index in [-0.39, 0.29) is 5.91 Å². The third-order valence-corrected chi connectivity index (χ3v) is 3.54. The first-order valence-electron chi connectivity index (χ1n) is 7.46. The van der Waals surface area contributed by atoms with Gasteiger partial charge < -0.3 is 15.4 Å². The van der Waals surface area contributed by atoms with Crippen molar-refractivity contribution in [3.05, 3.63) is 30.1 Å². The number of hydrogen-bond donors (Lipinski definition) is 2. The van der Waals surface area contributed by atoms with Crippen LogP contribution in [0.15, 0.2) is 24.4 Å². The summed E-state index contributed by atoms with van der Waals surface area (Å²) in [5.74, 6) is -0.777. The molecule has 22 heavy (non-hydrogen) atoms. The number of nitrogens with zero attached hydrogens (tertiary/aromatic N) is 1. The van der Waals surface area contributed by atoms with E-state index < -0.39 is 17.0 Å². The van der Waals surface area contributed by atoms with E-state index in [1.807, 2.05) is 18.2 Å². The van der Waals surface area contributed by atoms with Gasteiger partial charge in [0.1, 0.15) is 5.60 Å². The third-order valence-electron chi connectivity index (χ3n) is 3.54. The first-order chi connectivity index (χ1) is 10.3. The summed E-state index contributed by atoms with van der Waals surface area (Å²) >= 11 is 0. The van der Waals surface area contributed by atoms with Crippen LogP contribution in [-0.4, -0.2) is 35.6 Å². The molecule has 1 aromatic heterocycles. The van der Waals surface area contributed by atoms with Crippen LogP contribution in [0.1, 0.15) is 32.9 Å². The van der Waals surface area contributed by atoms with Crippen LogP contribution in [-0.2, 0) is 20.9 Å². The number of nitrogens with one attached hydrogen (secondary N) is 2. The minimum Gasteiger partial charge on any atom is -0.459 e. The first kappa shape index (κ1) is 16.4. The average Bonchev–Trinajstić information content (AvgIpc) is 2.95. The molecule has 1 atom stereocenters. The molecular weight excluding hydrogens is 282 g/mol. The lowest BCUT2D eigenvalue weighted by Crippen LogP contribution is -2.50. The van der Waals surface area contributed by atoms with Gasteiger partial charge in [-0.2, -0.15) is 0 Å². The maximum atomic E-state index is 12.6. The highest BCUT2D eigenvalue weighted by atomic mass is 16.6. The molecule has 6 nitrogen and oxygen atoms in total. The van der Waals surface area contributed by atoms with Gasteiger partial charge in [-0.3, -0.25) is 14.6 Å². The van der Waals surface area contributed by atoms with Crippen molar-refractivity contribution in [3.8, 4) is 0 Å². The Morgan fingerprint density at radius 2 is 2.18 bits per heavy atom. The fraction of sp³-hybridized carbons (Fsp3) is 0.562. The molecular formula is C16H23N3O3. The highest BCUT2D eigenvalue weighted by molar-refractivity contribution is 6.03. The molecule has 0 aliphatic carbocycles. The first-order valence-corrected chi connectivity index (χ1v) is 7.46. The Hall–Kier alpha value is -1.95. The van der Waals surface area contributed by atoms with Gasteiger partial charge in [0, 0.05) is 12.7 Å². The number of hydrogen-bond acceptors (Lipinski definition) is 5. The minimum atomic E-state index is -1.15. The van der Waals surface area contributed by atoms with Gasteiger partial charge in [-0.1, -0.05) is 6.07 Å². The molecule has 0 spiro atoms. The summed E-state index contributed by atoms with van der Waals surface area (Å²) in [7, 11) is 0. The van der Waals surface area contributed by atoms with Crippen LogP contribution >= 0.6 is 0 Å². The predicted molar refractivity (Wildman–Crippen MR) is 81.8 cm³/mol. The van der Waals surface area contributed by atoms with Gasteiger partial charge in [0.05, 0.1) is 12.2 Å². The molecule has 1 aliphatic heterocycles. The number of esters is 1. The summed E-state index contributed by atoms with van der Waals surface area (Å²) < 4.78 is 5.44. The standard InChI is InChI=1S/C16H23N3O3/c1-15(2,3)22-14(21)16(7-9-17-11-16)13(20)19-10-12-6-4-5-8-18-12/h4-6,8,17H,7,9-11H2,1-3H3,(H,19,20). The minimum absolute atomic E-state index is 0.296. The molecule has 0 radical (unpaired) electrons. The number of pyridine rings is 1. The van der Waals surface area contributed by atoms with Gasteiger partial charge in [0.25, 0.3) is 0 Å². The molecule has 1 saturated heterocycles. The lowest BCUT2D eigenvalue weighted by molar-refractivity contribution is -0.169. The Morgan fingerprint density at radius 3 is 2.73 bits per heavy atom. The lowest BCUT2D eigenvalue weighted by Gasteiger charge is -2.29. The number of carbonyl (C=O) groups is 2. The molecule has 1 amide bonds. The molecule has 1 aromatic rings. The average molecular weight is 305 g/mol. The zero-order valence-electron chi connectivity index (χ0n) is 13.3. The van der Waals surface area contributed by atoms with Crippen molar-refractivity contribution >= 4 is 11.9 Å². The van der Waals surface area contributed by atoms with Gasteiger partial charge in [-0.05, 0) is 45.9 Å². The maximum absolute atomic E-state index is 12.6. The van der Waals surface area contributed by atoms with Gasteiger partial charge >= 0.3 is 5.97 Å². The van der Waals surface area contributed by atoms with Crippen molar-refractivity contribution in [2.24, 2.45) is 5.41 Å². The van der Waals surface area contributed by atoms with Gasteiger partial charge in [-0.15, -0.1) is 0 Å². The van der Waals surface area contributed by atoms with E-state index in [0.29, 0.717) is 26.1 Å². The Kier molecular flexibility index (Phi) is 4.81. The van der Waals surface area contributed by atoms with E-state index in [1.165, 1.54) is 0 Å². The summed E-state index contributed by atoms with van der Waals surface area (Å²) in [6.07, 6.45) is 2.11. The van der Waals surface area contributed by atoms with Crippen LogP contribution in [0.25, 0.3) is 0 Å². The van der Waals surface area contributed by atoms with Crippen LogP contribution in [0.4, 0.5) is 0 Å². The fourth-order valence-corrected chi connectivity index (χ4v) is 2.37. The Labute approximate surface area is 130 Å². The quantitative estimate of drug-likeness (QED) is 0.641. The number of rotatable bonds is 4. The van der Waals surface area contributed by atoms with Crippen LogP contribution in [0.2, 0.25) is 0 Å². The molecule has 0 saturated carbocycles. The number of ether oxygens (including phenoxy) is 1. The summed E-state index contributed by atoms with van der Waals surface area (Å²) in [6.45, 7) is 6.61. The molecule has 0 aromatic carbocycles. The van der Waals surface area contributed by atoms with Gasteiger partial charge in [0.15, 0.2) is 5.41 Å². The molecule has 1 unspecified atom stereocenters. The van der Waals surface area contributed by atoms with Crippen molar-refractivity contribution in [1.29, 1.82) is 0 Å². The highest BCUT2D eigenvalue weighted by Gasteiger charge is 2.50. The second kappa shape index (κ2) is 6.44. The zero-order chi connectivity index (χ0) is 16.2. The van der Waals surface area contributed by atoms with Crippen molar-refractivity contribution in [3.63, 3.8) is 0 Å². The molecule has 2 rings (SSSR count). The number of aromatic nitrogens is 1. The van der Waals surface area contributed by atoms with Crippen LogP contribution in [0, 0.1) is 5.41 Å². The fourth-order valence-electron chi connectivity index (χ4n) is 2.37. The molecule has 120 valence electrons. The molecule has 2 heterocycles. The highest BCUT2D eigenvalue weighted by Crippen LogP contribution is 2.29. The third kappa shape index (κ3) is 3.82. The topological polar surface area (TPSA) is 80.3 Å². The molecule has 1 aliphatic rings. The summed E-state index contributed by atoms with van der Waals surface area (Å²) in [4.78, 5) is 29.2. The van der Waals surface area contributed by atoms with E-state index in [4.69, 9.17) is 4.74 Å². The van der Waals surface area contributed by atoms with E-state index in [9.17, 15) is 9.59 Å². The largest absolute Gasteiger partial charge is 0.459 e. The van der Waals surface area contributed by atoms with E-state index in [1.54, 1.807) is 27.0 Å². The SMILES string of the molecule is CC(C)(C)OC(=O)C1(C(=O)NCc2ccccn2)CCNC1. The molecule has 0 bridgehead atoms. The van der Waals surface area contributed by atoms with E-state index in [2.05, 4.69) is 15.6 Å². The van der Waals surface area contributed by atoms with Crippen molar-refractivity contribution in [2.45, 2.75) is 39.3 Å². The second-order valence-corrected chi connectivity index (χ2v) is 6.51. The monoisotopic (exact) mass is 305 g/mol. The van der Waals surface area contributed by atoms with E-state index >= 15 is 0 Å². The molecule has 2 N–H and O–H groups in total. The van der Waals surface area contributed by atoms with E-state index in [0.717, 1.165) is 5.69 Å². The number of carbonyl (C=O) groups excluding carboxylic acids is 2. The lowest BCUT2D eigenvalue weighted by atomic mass is 9.85. The Morgan fingerprint density at radius 1 is 1.41 bits per heavy atom. The van der Waals surface area contributed by atoms with Crippen molar-refractivity contribution < 1.29 is 14.3 Å². The smallest absolute Gasteiger partial charge is 0.323 e. The van der Waals surface area contributed by atoms with Crippen LogP contribution < -0.4 is 10.6 Å². The summed E-state index contributed by atoms with van der Waals surface area (Å²) in [6, 6.07) is 5.50. The second-order valence-electron chi connectivity index (χ2n) is 6.51. The zero-order valence-corrected chi connectivity index (χ0v) is 13.3. The molecule has 6 heteroatoms. The predicted octanol–water partition coefficient (Wildman–Crippen LogP) is 1.02. The van der Waals surface area contributed by atoms with Gasteiger partial charge in [-0.25, -0.2) is 0 Å². The van der Waals surface area contributed by atoms with Crippen molar-refractivity contribution in [1.82, 2.24) is 15.6 Å². The number of amides is 1. The van der Waals surface area contributed by atoms with Crippen molar-refractivity contribution in [2.75, 3.05) is 13.1 Å². The van der Waals surface area contributed by atoms with Gasteiger partial charge in [0.2, 0.25) is 5.91 Å². The Balaban J connectivity index is 2.06. The van der Waals surface area contributed by atoms with Crippen LogP contribution in [0.3, 0.4) is 0 Å². The summed E-state index contributed by atoms with van der Waals surface area (Å²) in [5, 5.41) is 5.89. The molecule has 1 fully saturated rings. The van der Waals surface area contributed by atoms with Crippen LogP contribution in [0.5, 0.6) is 0 Å². The normalized spacial score (nSPS) is 21.4.